The van der Waals surface area contributed by atoms with Crippen molar-refractivity contribution in [1.82, 2.24) is 4.98 Å². The van der Waals surface area contributed by atoms with Crippen LogP contribution in [0.15, 0.2) is 12.3 Å². The van der Waals surface area contributed by atoms with E-state index in [4.69, 9.17) is 10.5 Å². The zero-order chi connectivity index (χ0) is 13.7. The van der Waals surface area contributed by atoms with Crippen LogP contribution in [0, 0.1) is 29.6 Å². The van der Waals surface area contributed by atoms with Crippen molar-refractivity contribution in [1.29, 1.82) is 0 Å². The van der Waals surface area contributed by atoms with Gasteiger partial charge < -0.3 is 15.5 Å². The predicted octanol–water partition coefficient (Wildman–Crippen LogP) is 2.83. The van der Waals surface area contributed by atoms with Gasteiger partial charge in [-0.1, -0.05) is 0 Å². The molecule has 4 bridgehead atoms. The minimum Gasteiger partial charge on any atom is -0.461 e. The van der Waals surface area contributed by atoms with Crippen LogP contribution in [0.25, 0.3) is 0 Å². The van der Waals surface area contributed by atoms with E-state index in [0.717, 1.165) is 23.7 Å². The Labute approximate surface area is 119 Å². The summed E-state index contributed by atoms with van der Waals surface area (Å²) in [6.45, 7) is 0.590. The summed E-state index contributed by atoms with van der Waals surface area (Å²) >= 11 is 0. The van der Waals surface area contributed by atoms with Gasteiger partial charge in [0.1, 0.15) is 5.69 Å². The Balaban J connectivity index is 1.39. The van der Waals surface area contributed by atoms with Gasteiger partial charge in [-0.3, -0.25) is 0 Å². The zero-order valence-electron chi connectivity index (χ0n) is 11.7. The number of carbonyl (C=O) groups is 1. The van der Waals surface area contributed by atoms with E-state index in [1.54, 1.807) is 12.3 Å². The minimum atomic E-state index is -0.268. The van der Waals surface area contributed by atoms with E-state index in [1.165, 1.54) is 32.1 Å². The molecule has 0 unspecified atom stereocenters. The molecule has 4 fully saturated rings. The first-order valence-electron chi connectivity index (χ1n) is 7.80. The molecule has 4 heteroatoms. The zero-order valence-corrected chi connectivity index (χ0v) is 11.7. The lowest BCUT2D eigenvalue weighted by molar-refractivity contribution is -0.0623. The molecule has 108 valence electrons. The molecule has 0 atom stereocenters. The number of anilines is 1. The summed E-state index contributed by atoms with van der Waals surface area (Å²) in [7, 11) is 0. The van der Waals surface area contributed by atoms with E-state index in [9.17, 15) is 4.79 Å². The molecular weight excluding hydrogens is 252 g/mol. The topological polar surface area (TPSA) is 68.1 Å². The Kier molecular flexibility index (Phi) is 2.79. The molecule has 0 amide bonds. The number of esters is 1. The first-order chi connectivity index (χ1) is 9.69. The van der Waals surface area contributed by atoms with Crippen molar-refractivity contribution in [3.05, 3.63) is 18.0 Å². The largest absolute Gasteiger partial charge is 0.461 e. The standard InChI is InChI=1S/C16H22N2O2/c17-13-6-15(18-7-13)16(19)20-8-14-11-2-9-1-10(4-11)5-12(14)3-9/h6-7,9-12,14,18H,1-5,8,17H2. The molecule has 3 N–H and O–H groups in total. The van der Waals surface area contributed by atoms with Crippen molar-refractivity contribution in [2.24, 2.45) is 29.6 Å². The number of aromatic amines is 1. The van der Waals surface area contributed by atoms with Crippen LogP contribution in [0.1, 0.15) is 42.6 Å². The fraction of sp³-hybridized carbons (Fsp3) is 0.688. The first-order valence-corrected chi connectivity index (χ1v) is 7.80. The lowest BCUT2D eigenvalue weighted by atomic mass is 9.52. The average molecular weight is 274 g/mol. The third-order valence-electron chi connectivity index (χ3n) is 5.75. The van der Waals surface area contributed by atoms with Gasteiger partial charge in [0, 0.05) is 6.20 Å². The number of ether oxygens (including phenoxy) is 1. The van der Waals surface area contributed by atoms with E-state index in [-0.39, 0.29) is 5.97 Å². The number of H-pyrrole nitrogens is 1. The first kappa shape index (κ1) is 12.3. The van der Waals surface area contributed by atoms with E-state index in [2.05, 4.69) is 4.98 Å². The number of nitrogens with one attached hydrogen (secondary N) is 1. The highest BCUT2D eigenvalue weighted by molar-refractivity contribution is 5.88. The molecule has 4 saturated carbocycles. The van der Waals surface area contributed by atoms with Crippen LogP contribution in [0.3, 0.4) is 0 Å². The maximum absolute atomic E-state index is 12.0. The second-order valence-electron chi connectivity index (χ2n) is 7.04. The monoisotopic (exact) mass is 274 g/mol. The van der Waals surface area contributed by atoms with Gasteiger partial charge >= 0.3 is 5.97 Å². The molecule has 0 spiro atoms. The van der Waals surface area contributed by atoms with Crippen molar-refractivity contribution in [3.63, 3.8) is 0 Å². The summed E-state index contributed by atoms with van der Waals surface area (Å²) in [5.74, 6) is 3.86. The molecule has 0 saturated heterocycles. The van der Waals surface area contributed by atoms with Crippen LogP contribution in [-0.2, 0) is 4.74 Å². The fourth-order valence-electron chi connectivity index (χ4n) is 5.09. The normalized spacial score (nSPS) is 38.1. The van der Waals surface area contributed by atoms with Gasteiger partial charge in [-0.15, -0.1) is 0 Å². The van der Waals surface area contributed by atoms with Crippen molar-refractivity contribution in [3.8, 4) is 0 Å². The Morgan fingerprint density at radius 2 is 1.85 bits per heavy atom. The number of nitrogens with two attached hydrogens (primary N) is 1. The molecule has 20 heavy (non-hydrogen) atoms. The van der Waals surface area contributed by atoms with Gasteiger partial charge in [0.15, 0.2) is 0 Å². The van der Waals surface area contributed by atoms with Gasteiger partial charge in [-0.05, 0) is 67.8 Å². The molecular formula is C16H22N2O2. The maximum Gasteiger partial charge on any atom is 0.354 e. The van der Waals surface area contributed by atoms with E-state index >= 15 is 0 Å². The SMILES string of the molecule is Nc1c[nH]c(C(=O)OCC2C3CC4CC(C3)CC2C4)c1. The molecule has 1 aromatic heterocycles. The molecule has 0 radical (unpaired) electrons. The predicted molar refractivity (Wildman–Crippen MR) is 76.0 cm³/mol. The summed E-state index contributed by atoms with van der Waals surface area (Å²) in [5, 5.41) is 0. The van der Waals surface area contributed by atoms with Gasteiger partial charge in [0.25, 0.3) is 0 Å². The maximum atomic E-state index is 12.0. The van der Waals surface area contributed by atoms with Crippen molar-refractivity contribution in [2.45, 2.75) is 32.1 Å². The van der Waals surface area contributed by atoms with E-state index < -0.39 is 0 Å². The molecule has 5 rings (SSSR count). The molecule has 1 heterocycles. The van der Waals surface area contributed by atoms with Crippen LogP contribution in [0.4, 0.5) is 5.69 Å². The van der Waals surface area contributed by atoms with Crippen LogP contribution in [0.5, 0.6) is 0 Å². The van der Waals surface area contributed by atoms with Crippen molar-refractivity contribution >= 4 is 11.7 Å². The van der Waals surface area contributed by atoms with Crippen LogP contribution < -0.4 is 5.73 Å². The van der Waals surface area contributed by atoms with Crippen LogP contribution in [0.2, 0.25) is 0 Å². The van der Waals surface area contributed by atoms with Gasteiger partial charge in [-0.2, -0.15) is 0 Å². The highest BCUT2D eigenvalue weighted by atomic mass is 16.5. The summed E-state index contributed by atoms with van der Waals surface area (Å²) in [6.07, 6.45) is 8.55. The molecule has 0 aliphatic heterocycles. The second-order valence-corrected chi connectivity index (χ2v) is 7.04. The van der Waals surface area contributed by atoms with Crippen LogP contribution >= 0.6 is 0 Å². The third-order valence-corrected chi connectivity index (χ3v) is 5.75. The Bertz CT molecular complexity index is 494. The highest BCUT2D eigenvalue weighted by Gasteiger charge is 2.48. The van der Waals surface area contributed by atoms with Crippen molar-refractivity contribution < 1.29 is 9.53 Å². The second kappa shape index (κ2) is 4.54. The Morgan fingerprint density at radius 1 is 1.20 bits per heavy atom. The third kappa shape index (κ3) is 2.02. The van der Waals surface area contributed by atoms with E-state index in [1.807, 2.05) is 0 Å². The minimum absolute atomic E-state index is 0.268. The summed E-state index contributed by atoms with van der Waals surface area (Å²) in [5.41, 5.74) is 6.65. The number of hydrogen-bond acceptors (Lipinski definition) is 3. The molecule has 4 nitrogen and oxygen atoms in total. The van der Waals surface area contributed by atoms with E-state index in [0.29, 0.717) is 23.9 Å². The highest BCUT2D eigenvalue weighted by Crippen LogP contribution is 2.56. The Morgan fingerprint density at radius 3 is 2.40 bits per heavy atom. The smallest absolute Gasteiger partial charge is 0.354 e. The number of hydrogen-bond donors (Lipinski definition) is 2. The molecule has 4 aliphatic carbocycles. The number of nitrogen functional groups attached to an aromatic ring is 1. The molecule has 1 aromatic rings. The molecule has 0 aromatic carbocycles. The fourth-order valence-corrected chi connectivity index (χ4v) is 5.09. The van der Waals surface area contributed by atoms with Gasteiger partial charge in [-0.25, -0.2) is 4.79 Å². The average Bonchev–Trinajstić information content (AvgIpc) is 2.83. The molecule has 4 aliphatic rings. The number of carbonyl (C=O) groups excluding carboxylic acids is 1. The summed E-state index contributed by atoms with van der Waals surface area (Å²) in [4.78, 5) is 14.8. The van der Waals surface area contributed by atoms with Crippen molar-refractivity contribution in [2.75, 3.05) is 12.3 Å². The summed E-state index contributed by atoms with van der Waals surface area (Å²) < 4.78 is 5.54. The lowest BCUT2D eigenvalue weighted by Crippen LogP contribution is -2.46. The number of rotatable bonds is 3. The number of aromatic nitrogens is 1. The Hall–Kier alpha value is -1.45. The van der Waals surface area contributed by atoms with Gasteiger partial charge in [0.2, 0.25) is 0 Å². The van der Waals surface area contributed by atoms with Gasteiger partial charge in [0.05, 0.1) is 12.3 Å². The van der Waals surface area contributed by atoms with Crippen LogP contribution in [-0.4, -0.2) is 17.6 Å². The quantitative estimate of drug-likeness (QED) is 0.833. The summed E-state index contributed by atoms with van der Waals surface area (Å²) in [6, 6.07) is 1.64. The lowest BCUT2D eigenvalue weighted by Gasteiger charge is -2.54.